The third kappa shape index (κ3) is 6.02. The Kier molecular flexibility index (Phi) is 7.58. The monoisotopic (exact) mass is 525 g/mol. The van der Waals surface area contributed by atoms with Crippen LogP contribution in [-0.2, 0) is 10.2 Å². The van der Waals surface area contributed by atoms with E-state index in [0.717, 1.165) is 0 Å². The maximum absolute atomic E-state index is 14.9. The lowest BCUT2D eigenvalue weighted by atomic mass is 9.87. The van der Waals surface area contributed by atoms with E-state index >= 15 is 0 Å². The van der Waals surface area contributed by atoms with Crippen LogP contribution >= 0.6 is 0 Å². The molecule has 0 aliphatic heterocycles. The highest BCUT2D eigenvalue weighted by Gasteiger charge is 2.22. The lowest BCUT2D eigenvalue weighted by molar-refractivity contribution is 0.102. The van der Waals surface area contributed by atoms with E-state index in [9.17, 15) is 19.2 Å². The van der Waals surface area contributed by atoms with E-state index in [0.29, 0.717) is 33.8 Å². The van der Waals surface area contributed by atoms with E-state index in [-0.39, 0.29) is 17.1 Å². The van der Waals surface area contributed by atoms with Crippen molar-refractivity contribution >= 4 is 23.5 Å². The lowest BCUT2D eigenvalue weighted by Crippen LogP contribution is -2.18. The van der Waals surface area contributed by atoms with Crippen molar-refractivity contribution in [2.24, 2.45) is 0 Å². The van der Waals surface area contributed by atoms with E-state index in [1.807, 2.05) is 0 Å². The number of methoxy groups -OCH3 is 1. The van der Waals surface area contributed by atoms with Crippen molar-refractivity contribution in [1.29, 1.82) is 5.26 Å². The molecule has 196 valence electrons. The zero-order chi connectivity index (χ0) is 28.2. The first-order chi connectivity index (χ1) is 18.6. The van der Waals surface area contributed by atoms with Crippen LogP contribution in [0, 0.1) is 24.1 Å². The number of aryl methyl sites for hydroxylation is 1. The highest BCUT2D eigenvalue weighted by Crippen LogP contribution is 2.30. The predicted octanol–water partition coefficient (Wildman–Crippen LogP) is 5.28. The molecule has 2 amide bonds. The van der Waals surface area contributed by atoms with E-state index in [1.165, 1.54) is 37.8 Å². The van der Waals surface area contributed by atoms with Gasteiger partial charge in [-0.1, -0.05) is 0 Å². The van der Waals surface area contributed by atoms with Gasteiger partial charge in [0.25, 0.3) is 5.91 Å². The average molecular weight is 526 g/mol. The Labute approximate surface area is 223 Å². The van der Waals surface area contributed by atoms with Crippen molar-refractivity contribution in [2.45, 2.75) is 26.2 Å². The van der Waals surface area contributed by atoms with E-state index in [4.69, 9.17) is 0 Å². The quantitative estimate of drug-likeness (QED) is 0.346. The molecule has 11 heteroatoms. The fourth-order valence-electron chi connectivity index (χ4n) is 3.65. The minimum atomic E-state index is -0.846. The molecule has 0 unspecified atom stereocenters. The van der Waals surface area contributed by atoms with Crippen molar-refractivity contribution in [3.63, 3.8) is 0 Å². The SMILES string of the molecule is COC(=O)Nc1cc(-c2nccc(-c3cc(NC(=O)c4cncc(C(C)(C)C#N)c4)c(F)cc3C)n2)ccn1. The van der Waals surface area contributed by atoms with E-state index in [1.54, 1.807) is 51.2 Å². The first-order valence-corrected chi connectivity index (χ1v) is 11.7. The standard InChI is InChI=1S/C28H24FN7O3/c1-16-9-21(29)23(35-26(37)18-10-19(14-31-13-18)28(2,3)15-30)12-20(16)22-6-8-33-25(34-22)17-5-7-32-24(11-17)36-27(38)39-4/h5-14H,1-4H3,(H,35,37)(H,32,36,38). The summed E-state index contributed by atoms with van der Waals surface area (Å²) >= 11 is 0. The minimum absolute atomic E-state index is 0.0424. The van der Waals surface area contributed by atoms with Gasteiger partial charge >= 0.3 is 6.09 Å². The predicted molar refractivity (Wildman–Crippen MR) is 142 cm³/mol. The smallest absolute Gasteiger partial charge is 0.412 e. The van der Waals surface area contributed by atoms with Crippen LogP contribution < -0.4 is 10.6 Å². The normalized spacial score (nSPS) is 10.9. The summed E-state index contributed by atoms with van der Waals surface area (Å²) < 4.78 is 19.5. The Morgan fingerprint density at radius 1 is 1.05 bits per heavy atom. The van der Waals surface area contributed by atoms with Crippen molar-refractivity contribution in [3.05, 3.63) is 83.7 Å². The van der Waals surface area contributed by atoms with Gasteiger partial charge in [0.1, 0.15) is 11.6 Å². The molecule has 0 radical (unpaired) electrons. The van der Waals surface area contributed by atoms with Gasteiger partial charge < -0.3 is 10.1 Å². The molecule has 0 spiro atoms. The van der Waals surface area contributed by atoms with Crippen LogP contribution in [0.3, 0.4) is 0 Å². The number of nitriles is 1. The van der Waals surface area contributed by atoms with Crippen LogP contribution in [0.25, 0.3) is 22.6 Å². The van der Waals surface area contributed by atoms with Crippen LogP contribution in [0.2, 0.25) is 0 Å². The summed E-state index contributed by atoms with van der Waals surface area (Å²) in [7, 11) is 1.25. The van der Waals surface area contributed by atoms with Crippen molar-refractivity contribution < 1.29 is 18.7 Å². The summed E-state index contributed by atoms with van der Waals surface area (Å²) in [4.78, 5) is 41.6. The number of benzene rings is 1. The molecular formula is C28H24FN7O3. The second-order valence-corrected chi connectivity index (χ2v) is 9.11. The van der Waals surface area contributed by atoms with Gasteiger partial charge in [-0.3, -0.25) is 15.1 Å². The maximum Gasteiger partial charge on any atom is 0.412 e. The summed E-state index contributed by atoms with van der Waals surface area (Å²) in [6, 6.07) is 11.5. The van der Waals surface area contributed by atoms with Crippen LogP contribution in [0.4, 0.5) is 20.7 Å². The number of halogens is 1. The number of hydrogen-bond acceptors (Lipinski definition) is 8. The number of nitrogens with zero attached hydrogens (tertiary/aromatic N) is 5. The number of ether oxygens (including phenoxy) is 1. The highest BCUT2D eigenvalue weighted by molar-refractivity contribution is 6.04. The molecule has 0 bridgehead atoms. The third-order valence-corrected chi connectivity index (χ3v) is 5.93. The van der Waals surface area contributed by atoms with Gasteiger partial charge in [-0.05, 0) is 68.3 Å². The molecule has 1 aromatic carbocycles. The molecule has 3 heterocycles. The number of rotatable bonds is 6. The van der Waals surface area contributed by atoms with Gasteiger partial charge in [0, 0.05) is 35.9 Å². The fourth-order valence-corrected chi connectivity index (χ4v) is 3.65. The molecule has 2 N–H and O–H groups in total. The Bertz CT molecular complexity index is 1620. The maximum atomic E-state index is 14.9. The molecule has 39 heavy (non-hydrogen) atoms. The van der Waals surface area contributed by atoms with Crippen molar-refractivity contribution in [2.75, 3.05) is 17.7 Å². The summed E-state index contributed by atoms with van der Waals surface area (Å²) in [5.74, 6) is -0.584. The van der Waals surface area contributed by atoms with Gasteiger partial charge in [-0.25, -0.2) is 24.1 Å². The van der Waals surface area contributed by atoms with Gasteiger partial charge in [-0.15, -0.1) is 0 Å². The summed E-state index contributed by atoms with van der Waals surface area (Å²) in [6.45, 7) is 5.17. The fraction of sp³-hybridized carbons (Fsp3) is 0.179. The molecule has 3 aromatic heterocycles. The van der Waals surface area contributed by atoms with Crippen molar-refractivity contribution in [3.8, 4) is 28.7 Å². The zero-order valence-electron chi connectivity index (χ0n) is 21.6. The Balaban J connectivity index is 1.65. The van der Waals surface area contributed by atoms with Crippen LogP contribution in [0.1, 0.15) is 35.3 Å². The Morgan fingerprint density at radius 2 is 1.82 bits per heavy atom. The number of carbonyl (C=O) groups excluding carboxylic acids is 2. The first kappa shape index (κ1) is 26.8. The molecular weight excluding hydrogens is 501 g/mol. The molecule has 0 aliphatic carbocycles. The molecule has 0 saturated carbocycles. The number of pyridine rings is 2. The first-order valence-electron chi connectivity index (χ1n) is 11.7. The largest absolute Gasteiger partial charge is 0.453 e. The second kappa shape index (κ2) is 11.0. The van der Waals surface area contributed by atoms with Gasteiger partial charge in [0.05, 0.1) is 35.5 Å². The number of aromatic nitrogens is 4. The van der Waals surface area contributed by atoms with Crippen LogP contribution in [0.5, 0.6) is 0 Å². The summed E-state index contributed by atoms with van der Waals surface area (Å²) in [5.41, 5.74) is 2.12. The van der Waals surface area contributed by atoms with Crippen LogP contribution in [-0.4, -0.2) is 39.0 Å². The Morgan fingerprint density at radius 3 is 2.56 bits per heavy atom. The lowest BCUT2D eigenvalue weighted by Gasteiger charge is -2.16. The van der Waals surface area contributed by atoms with Crippen molar-refractivity contribution in [1.82, 2.24) is 19.9 Å². The molecule has 4 rings (SSSR count). The number of nitrogens with one attached hydrogen (secondary N) is 2. The molecule has 4 aromatic rings. The number of carbonyl (C=O) groups is 2. The van der Waals surface area contributed by atoms with Gasteiger partial charge in [0.2, 0.25) is 0 Å². The summed E-state index contributed by atoms with van der Waals surface area (Å²) in [5, 5.41) is 14.5. The van der Waals surface area contributed by atoms with E-state index in [2.05, 4.69) is 41.4 Å². The van der Waals surface area contributed by atoms with E-state index < -0.39 is 23.2 Å². The highest BCUT2D eigenvalue weighted by atomic mass is 19.1. The molecule has 0 aliphatic rings. The molecule has 0 atom stereocenters. The van der Waals surface area contributed by atoms with Gasteiger partial charge in [-0.2, -0.15) is 5.26 Å². The molecule has 10 nitrogen and oxygen atoms in total. The number of amides is 2. The third-order valence-electron chi connectivity index (χ3n) is 5.93. The topological polar surface area (TPSA) is 143 Å². The number of hydrogen-bond donors (Lipinski definition) is 2. The van der Waals surface area contributed by atoms with Gasteiger partial charge in [0.15, 0.2) is 5.82 Å². The second-order valence-electron chi connectivity index (χ2n) is 9.11. The average Bonchev–Trinajstić information content (AvgIpc) is 2.94. The molecule has 0 fully saturated rings. The van der Waals surface area contributed by atoms with Crippen LogP contribution in [0.15, 0.2) is 61.2 Å². The Hall–Kier alpha value is -5.24. The molecule has 0 saturated heterocycles. The zero-order valence-corrected chi connectivity index (χ0v) is 21.6. The minimum Gasteiger partial charge on any atom is -0.453 e. The number of anilines is 2. The summed E-state index contributed by atoms with van der Waals surface area (Å²) in [6.07, 6.45) is 5.26.